The fourth-order valence-electron chi connectivity index (χ4n) is 4.21. The maximum absolute atomic E-state index is 12.9. The van der Waals surface area contributed by atoms with E-state index in [4.69, 9.17) is 14.2 Å². The van der Waals surface area contributed by atoms with Crippen molar-refractivity contribution in [2.75, 3.05) is 7.11 Å². The first-order valence-corrected chi connectivity index (χ1v) is 12.7. The highest BCUT2D eigenvalue weighted by Gasteiger charge is 2.22. The van der Waals surface area contributed by atoms with Crippen LogP contribution in [0, 0.1) is 0 Å². The van der Waals surface area contributed by atoms with Crippen LogP contribution in [-0.2, 0) is 6.42 Å². The first kappa shape index (κ1) is 23.8. The molecule has 1 unspecified atom stereocenters. The summed E-state index contributed by atoms with van der Waals surface area (Å²) in [5, 5.41) is 3.47. The van der Waals surface area contributed by atoms with Crippen LogP contribution in [0.15, 0.2) is 73.1 Å². The molecule has 2 aromatic heterocycles. The van der Waals surface area contributed by atoms with Crippen molar-refractivity contribution in [2.24, 2.45) is 0 Å². The molecule has 2 aromatic carbocycles. The van der Waals surface area contributed by atoms with Crippen LogP contribution in [0.4, 0.5) is 0 Å². The summed E-state index contributed by atoms with van der Waals surface area (Å²) < 4.78 is 17.3. The zero-order chi connectivity index (χ0) is 24.9. The molecule has 0 radical (unpaired) electrons. The van der Waals surface area contributed by atoms with Crippen LogP contribution in [0.3, 0.4) is 0 Å². The van der Waals surface area contributed by atoms with Crippen LogP contribution in [0.5, 0.6) is 22.6 Å². The van der Waals surface area contributed by atoms with Gasteiger partial charge in [-0.3, -0.25) is 4.79 Å². The lowest BCUT2D eigenvalue weighted by atomic mass is 9.97. The predicted molar refractivity (Wildman–Crippen MR) is 138 cm³/mol. The monoisotopic (exact) mass is 501 g/mol. The van der Waals surface area contributed by atoms with Crippen LogP contribution in [-0.4, -0.2) is 23.0 Å². The maximum atomic E-state index is 12.9. The Morgan fingerprint density at radius 1 is 1.14 bits per heavy atom. The summed E-state index contributed by atoms with van der Waals surface area (Å²) in [6.07, 6.45) is 5.85. The molecule has 2 atom stereocenters. The molecule has 4 aromatic rings. The van der Waals surface area contributed by atoms with E-state index in [1.54, 1.807) is 25.6 Å². The third kappa shape index (κ3) is 5.33. The topological polar surface area (TPSA) is 82.6 Å². The summed E-state index contributed by atoms with van der Waals surface area (Å²) in [6, 6.07) is 19.6. The van der Waals surface area contributed by atoms with Gasteiger partial charge in [0.2, 0.25) is 5.88 Å². The van der Waals surface area contributed by atoms with Crippen molar-refractivity contribution in [3.63, 3.8) is 0 Å². The number of hydrogen-bond donors (Lipinski definition) is 1. The fraction of sp³-hybridized carbons (Fsp3) is 0.250. The number of methoxy groups -OCH3 is 1. The minimum absolute atomic E-state index is 0.0612. The van der Waals surface area contributed by atoms with Gasteiger partial charge in [0.1, 0.15) is 22.5 Å². The molecule has 1 aliphatic heterocycles. The van der Waals surface area contributed by atoms with Gasteiger partial charge < -0.3 is 19.5 Å². The number of aryl methyl sites for hydroxylation is 1. The number of fused-ring (bicyclic) bond motifs is 1. The third-order valence-corrected chi connectivity index (χ3v) is 7.02. The van der Waals surface area contributed by atoms with Gasteiger partial charge in [-0.25, -0.2) is 9.97 Å². The van der Waals surface area contributed by atoms with Crippen LogP contribution in [0.1, 0.15) is 58.3 Å². The van der Waals surface area contributed by atoms with E-state index in [9.17, 15) is 4.79 Å². The van der Waals surface area contributed by atoms with Gasteiger partial charge in [-0.15, -0.1) is 0 Å². The number of amides is 1. The molecule has 0 saturated carbocycles. The van der Waals surface area contributed by atoms with Gasteiger partial charge in [-0.1, -0.05) is 54.7 Å². The quantitative estimate of drug-likeness (QED) is 0.306. The number of rotatable bonds is 8. The van der Waals surface area contributed by atoms with Gasteiger partial charge in [-0.2, -0.15) is 0 Å². The van der Waals surface area contributed by atoms with Crippen LogP contribution < -0.4 is 19.5 Å². The lowest BCUT2D eigenvalue weighted by molar-refractivity contribution is 0.0939. The molecule has 1 amide bonds. The number of carbonyl (C=O) groups excluding carboxylic acids is 1. The van der Waals surface area contributed by atoms with Crippen molar-refractivity contribution in [1.82, 2.24) is 15.3 Å². The Hall–Kier alpha value is -3.91. The molecular weight excluding hydrogens is 474 g/mol. The molecule has 0 fully saturated rings. The average Bonchev–Trinajstić information content (AvgIpc) is 3.40. The largest absolute Gasteiger partial charge is 0.485 e. The van der Waals surface area contributed by atoms with Gasteiger partial charge >= 0.3 is 0 Å². The number of hydrogen-bond acceptors (Lipinski definition) is 7. The summed E-state index contributed by atoms with van der Waals surface area (Å²) >= 11 is 1.21. The predicted octanol–water partition coefficient (Wildman–Crippen LogP) is 6.29. The van der Waals surface area contributed by atoms with Gasteiger partial charge in [0.05, 0.1) is 19.3 Å². The summed E-state index contributed by atoms with van der Waals surface area (Å²) in [5.41, 5.74) is 3.21. The molecule has 0 saturated heterocycles. The molecule has 1 N–H and O–H groups in total. The van der Waals surface area contributed by atoms with Crippen molar-refractivity contribution in [3.05, 3.63) is 94.6 Å². The molecule has 5 rings (SSSR count). The third-order valence-electron chi connectivity index (χ3n) is 6.15. The van der Waals surface area contributed by atoms with E-state index in [0.29, 0.717) is 21.7 Å². The van der Waals surface area contributed by atoms with E-state index in [1.807, 2.05) is 49.4 Å². The average molecular weight is 502 g/mol. The summed E-state index contributed by atoms with van der Waals surface area (Å²) in [6.45, 7) is 2.01. The smallest absolute Gasteiger partial charge is 0.279 e. The number of nitrogens with one attached hydrogen (secondary N) is 1. The molecule has 0 bridgehead atoms. The Bertz CT molecular complexity index is 1320. The number of nitrogens with zero attached hydrogens (tertiary/aromatic N) is 2. The number of benzene rings is 2. The number of ether oxygens (including phenoxy) is 3. The lowest BCUT2D eigenvalue weighted by Crippen LogP contribution is -2.27. The molecule has 0 spiro atoms. The SMILES string of the molecule is CC[C@H](NC(=O)c1cnc(Oc2ccc3c(c2)CCC(c2ccccc2)O3)s1)c1ccc(OC)nc1. The Morgan fingerprint density at radius 2 is 2.00 bits per heavy atom. The van der Waals surface area contributed by atoms with Crippen molar-refractivity contribution in [3.8, 4) is 22.6 Å². The molecule has 3 heterocycles. The first-order valence-electron chi connectivity index (χ1n) is 11.9. The van der Waals surface area contributed by atoms with E-state index in [-0.39, 0.29) is 18.1 Å². The molecular formula is C28H27N3O4S. The van der Waals surface area contributed by atoms with E-state index in [0.717, 1.165) is 36.1 Å². The van der Waals surface area contributed by atoms with Crippen molar-refractivity contribution in [2.45, 2.75) is 38.3 Å². The zero-order valence-electron chi connectivity index (χ0n) is 20.1. The Morgan fingerprint density at radius 3 is 2.75 bits per heavy atom. The zero-order valence-corrected chi connectivity index (χ0v) is 21.0. The Balaban J connectivity index is 1.22. The van der Waals surface area contributed by atoms with E-state index in [1.165, 1.54) is 16.9 Å². The highest BCUT2D eigenvalue weighted by Crippen LogP contribution is 2.38. The lowest BCUT2D eigenvalue weighted by Gasteiger charge is -2.26. The normalized spacial score (nSPS) is 15.3. The Kier molecular flexibility index (Phi) is 7.13. The Labute approximate surface area is 214 Å². The molecule has 1 aliphatic rings. The highest BCUT2D eigenvalue weighted by molar-refractivity contribution is 7.15. The summed E-state index contributed by atoms with van der Waals surface area (Å²) in [7, 11) is 1.57. The second kappa shape index (κ2) is 10.8. The standard InChI is InChI=1S/C28H27N3O4S/c1-3-22(20-10-14-26(33-2)29-16-20)31-27(32)25-17-30-28(36-25)34-21-11-13-24-19(15-21)9-12-23(35-24)18-7-5-4-6-8-18/h4-8,10-11,13-17,22-23H,3,9,12H2,1-2H3,(H,31,32)/t22-,23?/m0/s1. The van der Waals surface area contributed by atoms with Crippen molar-refractivity contribution >= 4 is 17.2 Å². The first-order chi connectivity index (χ1) is 17.6. The van der Waals surface area contributed by atoms with Crippen LogP contribution in [0.2, 0.25) is 0 Å². The second-order valence-corrected chi connectivity index (χ2v) is 9.48. The minimum Gasteiger partial charge on any atom is -0.485 e. The van der Waals surface area contributed by atoms with Gasteiger partial charge in [0.15, 0.2) is 0 Å². The summed E-state index contributed by atoms with van der Waals surface area (Å²) in [5.74, 6) is 1.89. The molecule has 184 valence electrons. The van der Waals surface area contributed by atoms with E-state index < -0.39 is 0 Å². The molecule has 36 heavy (non-hydrogen) atoms. The number of pyridine rings is 1. The minimum atomic E-state index is -0.198. The van der Waals surface area contributed by atoms with Crippen LogP contribution >= 0.6 is 11.3 Å². The number of carbonyl (C=O) groups is 1. The molecule has 0 aliphatic carbocycles. The number of thiazole rings is 1. The summed E-state index contributed by atoms with van der Waals surface area (Å²) in [4.78, 5) is 21.9. The fourth-order valence-corrected chi connectivity index (χ4v) is 4.90. The molecule has 7 nitrogen and oxygen atoms in total. The van der Waals surface area contributed by atoms with Crippen molar-refractivity contribution in [1.29, 1.82) is 0 Å². The second-order valence-electron chi connectivity index (χ2n) is 8.49. The van der Waals surface area contributed by atoms with E-state index >= 15 is 0 Å². The van der Waals surface area contributed by atoms with Gasteiger partial charge in [0, 0.05) is 12.3 Å². The van der Waals surface area contributed by atoms with Crippen molar-refractivity contribution < 1.29 is 19.0 Å². The van der Waals surface area contributed by atoms with Gasteiger partial charge in [-0.05, 0) is 54.2 Å². The maximum Gasteiger partial charge on any atom is 0.279 e. The van der Waals surface area contributed by atoms with Crippen LogP contribution in [0.25, 0.3) is 0 Å². The van der Waals surface area contributed by atoms with Gasteiger partial charge in [0.25, 0.3) is 11.1 Å². The highest BCUT2D eigenvalue weighted by atomic mass is 32.1. The van der Waals surface area contributed by atoms with E-state index in [2.05, 4.69) is 27.4 Å². The number of aromatic nitrogens is 2. The molecule has 8 heteroatoms.